The molecule has 0 fully saturated rings. The number of para-hydroxylation sites is 1. The number of rotatable bonds is 3. The van der Waals surface area contributed by atoms with Crippen LogP contribution in [-0.4, -0.2) is 26.5 Å². The molecule has 0 spiro atoms. The molecule has 3 aromatic rings. The zero-order valence-electron chi connectivity index (χ0n) is 14.8. The van der Waals surface area contributed by atoms with Crippen LogP contribution in [0.3, 0.4) is 0 Å². The molecule has 26 heavy (non-hydrogen) atoms. The number of allylic oxidation sites excluding steroid dienone is 1. The molecule has 1 aliphatic rings. The molecule has 2 unspecified atom stereocenters. The second-order valence-corrected chi connectivity index (χ2v) is 6.91. The number of aromatic amines is 1. The summed E-state index contributed by atoms with van der Waals surface area (Å²) >= 11 is 0. The molecule has 0 saturated heterocycles. The summed E-state index contributed by atoms with van der Waals surface area (Å²) in [6.45, 7) is 3.95. The molecule has 132 valence electrons. The third-order valence-electron chi connectivity index (χ3n) is 4.76. The third-order valence-corrected chi connectivity index (χ3v) is 4.76. The van der Waals surface area contributed by atoms with Gasteiger partial charge < -0.3 is 21.8 Å². The van der Waals surface area contributed by atoms with E-state index in [0.717, 1.165) is 33.6 Å². The van der Waals surface area contributed by atoms with Gasteiger partial charge in [0.1, 0.15) is 0 Å². The predicted octanol–water partition coefficient (Wildman–Crippen LogP) is 2.84. The lowest BCUT2D eigenvalue weighted by molar-refractivity contribution is 0.512. The van der Waals surface area contributed by atoms with Crippen LogP contribution in [0, 0.1) is 6.92 Å². The van der Waals surface area contributed by atoms with Gasteiger partial charge in [0.25, 0.3) is 0 Å². The van der Waals surface area contributed by atoms with Crippen LogP contribution in [-0.2, 0) is 0 Å². The van der Waals surface area contributed by atoms with Crippen molar-refractivity contribution in [3.8, 4) is 11.3 Å². The van der Waals surface area contributed by atoms with Gasteiger partial charge in [-0.2, -0.15) is 0 Å². The van der Waals surface area contributed by atoms with Gasteiger partial charge in [-0.25, -0.2) is 9.97 Å². The number of nitrogens with two attached hydrogens (primary N) is 2. The molecule has 6 nitrogen and oxygen atoms in total. The van der Waals surface area contributed by atoms with E-state index in [9.17, 15) is 0 Å². The Morgan fingerprint density at radius 1 is 1.23 bits per heavy atom. The second kappa shape index (κ2) is 6.09. The maximum atomic E-state index is 6.12. The second-order valence-electron chi connectivity index (χ2n) is 6.91. The number of nitrogens with zero attached hydrogens (tertiary/aromatic N) is 2. The molecular formula is C20H22N6. The molecule has 1 aliphatic carbocycles. The Hall–Kier alpha value is -2.96. The molecule has 4 rings (SSSR count). The Morgan fingerprint density at radius 3 is 2.85 bits per heavy atom. The SMILES string of the molecule is Cc1[nH]c2ccccc2c1-c1ccnc(NC2=CC(N)C(C)(N)C=C2)n1. The summed E-state index contributed by atoms with van der Waals surface area (Å²) in [5.41, 5.74) is 16.6. The van der Waals surface area contributed by atoms with Crippen molar-refractivity contribution in [3.63, 3.8) is 0 Å². The predicted molar refractivity (Wildman–Crippen MR) is 105 cm³/mol. The molecule has 2 heterocycles. The molecule has 0 amide bonds. The van der Waals surface area contributed by atoms with Gasteiger partial charge in [0.05, 0.1) is 11.2 Å². The minimum atomic E-state index is -0.547. The number of hydrogen-bond acceptors (Lipinski definition) is 5. The summed E-state index contributed by atoms with van der Waals surface area (Å²) in [5, 5.41) is 4.37. The van der Waals surface area contributed by atoms with Crippen molar-refractivity contribution in [1.29, 1.82) is 0 Å². The van der Waals surface area contributed by atoms with Crippen molar-refractivity contribution in [3.05, 3.63) is 66.1 Å². The van der Waals surface area contributed by atoms with Crippen molar-refractivity contribution in [2.24, 2.45) is 11.5 Å². The summed E-state index contributed by atoms with van der Waals surface area (Å²) < 4.78 is 0. The number of nitrogens with one attached hydrogen (secondary N) is 2. The van der Waals surface area contributed by atoms with E-state index in [1.807, 2.05) is 43.4 Å². The molecule has 2 aromatic heterocycles. The minimum absolute atomic E-state index is 0.269. The zero-order chi connectivity index (χ0) is 18.3. The Balaban J connectivity index is 1.68. The highest BCUT2D eigenvalue weighted by molar-refractivity contribution is 5.96. The normalized spacial score (nSPS) is 22.5. The zero-order valence-corrected chi connectivity index (χ0v) is 14.8. The van der Waals surface area contributed by atoms with Crippen molar-refractivity contribution in [1.82, 2.24) is 15.0 Å². The van der Waals surface area contributed by atoms with E-state index in [2.05, 4.69) is 34.3 Å². The largest absolute Gasteiger partial charge is 0.358 e. The van der Waals surface area contributed by atoms with Crippen LogP contribution in [0.5, 0.6) is 0 Å². The maximum absolute atomic E-state index is 6.12. The summed E-state index contributed by atoms with van der Waals surface area (Å²) in [6.07, 6.45) is 7.46. The van der Waals surface area contributed by atoms with E-state index in [0.29, 0.717) is 5.95 Å². The quantitative estimate of drug-likeness (QED) is 0.583. The van der Waals surface area contributed by atoms with Crippen LogP contribution in [0.15, 0.2) is 60.5 Å². The smallest absolute Gasteiger partial charge is 0.227 e. The Bertz CT molecular complexity index is 1030. The Kier molecular flexibility index (Phi) is 3.86. The molecule has 2 atom stereocenters. The van der Waals surface area contributed by atoms with Crippen LogP contribution >= 0.6 is 0 Å². The first-order valence-corrected chi connectivity index (χ1v) is 8.57. The standard InChI is InChI=1S/C20H22N6/c1-12-18(14-5-3-4-6-15(14)24-12)16-8-10-23-19(26-16)25-13-7-9-20(2,22)17(21)11-13/h3-11,17,24H,21-22H2,1-2H3,(H,23,25,26). The number of aromatic nitrogens is 3. The maximum Gasteiger partial charge on any atom is 0.227 e. The first kappa shape index (κ1) is 16.5. The van der Waals surface area contributed by atoms with Crippen LogP contribution in [0.1, 0.15) is 12.6 Å². The lowest BCUT2D eigenvalue weighted by Gasteiger charge is -2.29. The highest BCUT2D eigenvalue weighted by atomic mass is 15.1. The van der Waals surface area contributed by atoms with E-state index >= 15 is 0 Å². The summed E-state index contributed by atoms with van der Waals surface area (Å²) in [6, 6.07) is 9.86. The molecule has 0 saturated carbocycles. The fraction of sp³-hybridized carbons (Fsp3) is 0.200. The van der Waals surface area contributed by atoms with Crippen molar-refractivity contribution in [2.45, 2.75) is 25.4 Å². The fourth-order valence-corrected chi connectivity index (χ4v) is 3.19. The number of hydrogen-bond donors (Lipinski definition) is 4. The molecular weight excluding hydrogens is 324 g/mol. The van der Waals surface area contributed by atoms with Gasteiger partial charge in [-0.05, 0) is 38.1 Å². The van der Waals surface area contributed by atoms with E-state index in [4.69, 9.17) is 16.5 Å². The van der Waals surface area contributed by atoms with E-state index < -0.39 is 5.54 Å². The number of fused-ring (bicyclic) bond motifs is 1. The monoisotopic (exact) mass is 346 g/mol. The van der Waals surface area contributed by atoms with E-state index in [1.165, 1.54) is 0 Å². The van der Waals surface area contributed by atoms with E-state index in [-0.39, 0.29) is 6.04 Å². The first-order valence-electron chi connectivity index (χ1n) is 8.57. The lowest BCUT2D eigenvalue weighted by atomic mass is 9.89. The fourth-order valence-electron chi connectivity index (χ4n) is 3.19. The van der Waals surface area contributed by atoms with Gasteiger partial charge in [-0.3, -0.25) is 0 Å². The van der Waals surface area contributed by atoms with Gasteiger partial charge in [0.15, 0.2) is 0 Å². The molecule has 6 N–H and O–H groups in total. The Labute approximate surface area is 152 Å². The summed E-state index contributed by atoms with van der Waals surface area (Å²) in [7, 11) is 0. The van der Waals surface area contributed by atoms with Gasteiger partial charge in [0, 0.05) is 40.1 Å². The molecule has 6 heteroatoms. The van der Waals surface area contributed by atoms with Crippen LogP contribution in [0.25, 0.3) is 22.2 Å². The molecule has 0 aliphatic heterocycles. The average molecular weight is 346 g/mol. The van der Waals surface area contributed by atoms with Crippen molar-refractivity contribution in [2.75, 3.05) is 5.32 Å². The first-order chi connectivity index (χ1) is 12.4. The van der Waals surface area contributed by atoms with Gasteiger partial charge >= 0.3 is 0 Å². The van der Waals surface area contributed by atoms with Crippen LogP contribution in [0.4, 0.5) is 5.95 Å². The third kappa shape index (κ3) is 2.89. The Morgan fingerprint density at radius 2 is 2.04 bits per heavy atom. The number of aryl methyl sites for hydroxylation is 1. The van der Waals surface area contributed by atoms with Gasteiger partial charge in [-0.15, -0.1) is 0 Å². The van der Waals surface area contributed by atoms with Crippen LogP contribution < -0.4 is 16.8 Å². The van der Waals surface area contributed by atoms with Crippen LogP contribution in [0.2, 0.25) is 0 Å². The van der Waals surface area contributed by atoms with Crippen molar-refractivity contribution >= 4 is 16.9 Å². The minimum Gasteiger partial charge on any atom is -0.358 e. The average Bonchev–Trinajstić information content (AvgIpc) is 2.94. The number of benzene rings is 1. The topological polar surface area (TPSA) is 106 Å². The van der Waals surface area contributed by atoms with Gasteiger partial charge in [0.2, 0.25) is 5.95 Å². The molecule has 1 aromatic carbocycles. The van der Waals surface area contributed by atoms with Crippen molar-refractivity contribution < 1.29 is 0 Å². The van der Waals surface area contributed by atoms with E-state index in [1.54, 1.807) is 6.20 Å². The molecule has 0 bridgehead atoms. The molecule has 0 radical (unpaired) electrons. The highest BCUT2D eigenvalue weighted by Crippen LogP contribution is 2.31. The number of H-pyrrole nitrogens is 1. The summed E-state index contributed by atoms with van der Waals surface area (Å²) in [5.74, 6) is 0.524. The number of anilines is 1. The summed E-state index contributed by atoms with van der Waals surface area (Å²) in [4.78, 5) is 12.4. The highest BCUT2D eigenvalue weighted by Gasteiger charge is 2.25. The van der Waals surface area contributed by atoms with Gasteiger partial charge in [-0.1, -0.05) is 24.3 Å². The lowest BCUT2D eigenvalue weighted by Crippen LogP contribution is -2.51.